The fourth-order valence-corrected chi connectivity index (χ4v) is 3.23. The van der Waals surface area contributed by atoms with Crippen LogP contribution < -0.4 is 10.6 Å². The highest BCUT2D eigenvalue weighted by atomic mass is 32.2. The molecule has 0 aromatic carbocycles. The molecule has 0 aliphatic heterocycles. The summed E-state index contributed by atoms with van der Waals surface area (Å²) in [7, 11) is 0. The molecule has 1 aromatic heterocycles. The lowest BCUT2D eigenvalue weighted by Crippen LogP contribution is -2.45. The van der Waals surface area contributed by atoms with E-state index in [-0.39, 0.29) is 12.1 Å². The molecule has 0 spiro atoms. The first-order valence-corrected chi connectivity index (χ1v) is 7.51. The zero-order chi connectivity index (χ0) is 13.0. The summed E-state index contributed by atoms with van der Waals surface area (Å²) in [6.07, 6.45) is 6.77. The van der Waals surface area contributed by atoms with Crippen molar-refractivity contribution < 1.29 is 9.32 Å². The molecular formula is C12H19N3O2S. The molecule has 18 heavy (non-hydrogen) atoms. The molecule has 2 atom stereocenters. The van der Waals surface area contributed by atoms with Crippen LogP contribution in [-0.4, -0.2) is 28.7 Å². The van der Waals surface area contributed by atoms with Gasteiger partial charge in [0, 0.05) is 17.4 Å². The van der Waals surface area contributed by atoms with Gasteiger partial charge in [-0.3, -0.25) is 5.32 Å². The van der Waals surface area contributed by atoms with Crippen molar-refractivity contribution in [1.82, 2.24) is 10.5 Å². The molecule has 1 fully saturated rings. The fraction of sp³-hybridized carbons (Fsp3) is 0.667. The lowest BCUT2D eigenvalue weighted by Gasteiger charge is -2.30. The molecule has 2 amide bonds. The summed E-state index contributed by atoms with van der Waals surface area (Å²) in [5.74, 6) is 1.14. The molecule has 2 rings (SSSR count). The average molecular weight is 269 g/mol. The summed E-state index contributed by atoms with van der Waals surface area (Å²) in [5.41, 5.74) is 0. The van der Waals surface area contributed by atoms with E-state index in [1.165, 1.54) is 19.3 Å². The lowest BCUT2D eigenvalue weighted by molar-refractivity contribution is 0.244. The Labute approximate surface area is 111 Å². The van der Waals surface area contributed by atoms with Crippen LogP contribution >= 0.6 is 11.8 Å². The second-order valence-corrected chi connectivity index (χ2v) is 5.66. The average Bonchev–Trinajstić information content (AvgIpc) is 2.75. The third kappa shape index (κ3) is 3.41. The number of anilines is 1. The van der Waals surface area contributed by atoms with Crippen molar-refractivity contribution in [3.8, 4) is 0 Å². The van der Waals surface area contributed by atoms with E-state index in [2.05, 4.69) is 22.0 Å². The Balaban J connectivity index is 1.86. The standard InChI is InChI=1S/C12H19N3O2S/c1-8-7-11(15-17-8)14-12(16)13-9-5-3-4-6-10(9)18-2/h7,9-10H,3-6H2,1-2H3,(H2,13,14,15,16)/t9-,10-/m1/s1. The van der Waals surface area contributed by atoms with Crippen molar-refractivity contribution in [2.45, 2.75) is 43.9 Å². The minimum Gasteiger partial charge on any atom is -0.360 e. The van der Waals surface area contributed by atoms with Crippen LogP contribution in [0.2, 0.25) is 0 Å². The molecule has 2 N–H and O–H groups in total. The molecule has 1 saturated carbocycles. The zero-order valence-corrected chi connectivity index (χ0v) is 11.5. The van der Waals surface area contributed by atoms with Gasteiger partial charge in [-0.25, -0.2) is 4.79 Å². The molecule has 0 bridgehead atoms. The van der Waals surface area contributed by atoms with Crippen LogP contribution in [0.15, 0.2) is 10.6 Å². The van der Waals surface area contributed by atoms with Crippen LogP contribution in [0.5, 0.6) is 0 Å². The maximum absolute atomic E-state index is 11.8. The molecule has 100 valence electrons. The summed E-state index contributed by atoms with van der Waals surface area (Å²) in [4.78, 5) is 11.8. The molecule has 6 heteroatoms. The monoisotopic (exact) mass is 269 g/mol. The Kier molecular flexibility index (Phi) is 4.52. The molecule has 5 nitrogen and oxygen atoms in total. The second-order valence-electron chi connectivity index (χ2n) is 4.59. The number of amides is 2. The molecule has 0 saturated heterocycles. The van der Waals surface area contributed by atoms with Gasteiger partial charge in [0.15, 0.2) is 5.82 Å². The van der Waals surface area contributed by atoms with Gasteiger partial charge < -0.3 is 9.84 Å². The van der Waals surface area contributed by atoms with E-state index >= 15 is 0 Å². The van der Waals surface area contributed by atoms with Gasteiger partial charge in [-0.05, 0) is 26.0 Å². The Morgan fingerprint density at radius 1 is 1.50 bits per heavy atom. The highest BCUT2D eigenvalue weighted by Gasteiger charge is 2.25. The number of rotatable bonds is 3. The fourth-order valence-electron chi connectivity index (χ4n) is 2.29. The topological polar surface area (TPSA) is 67.2 Å². The third-order valence-corrected chi connectivity index (χ3v) is 4.36. The van der Waals surface area contributed by atoms with Crippen molar-refractivity contribution in [3.05, 3.63) is 11.8 Å². The zero-order valence-electron chi connectivity index (χ0n) is 10.7. The summed E-state index contributed by atoms with van der Waals surface area (Å²) < 4.78 is 4.90. The predicted molar refractivity (Wildman–Crippen MR) is 73.0 cm³/mol. The minimum atomic E-state index is -0.200. The molecular weight excluding hydrogens is 250 g/mol. The number of carbonyl (C=O) groups excluding carboxylic acids is 1. The van der Waals surface area contributed by atoms with Gasteiger partial charge in [-0.2, -0.15) is 11.8 Å². The number of aryl methyl sites for hydroxylation is 1. The first-order valence-electron chi connectivity index (χ1n) is 6.22. The third-order valence-electron chi connectivity index (χ3n) is 3.19. The maximum atomic E-state index is 11.8. The SMILES string of the molecule is CS[C@@H]1CCCC[C@H]1NC(=O)Nc1cc(C)on1. The molecule has 1 aliphatic carbocycles. The van der Waals surface area contributed by atoms with Gasteiger partial charge in [0.05, 0.1) is 0 Å². The van der Waals surface area contributed by atoms with Gasteiger partial charge in [-0.15, -0.1) is 0 Å². The molecule has 0 unspecified atom stereocenters. The van der Waals surface area contributed by atoms with E-state index < -0.39 is 0 Å². The molecule has 1 heterocycles. The highest BCUT2D eigenvalue weighted by molar-refractivity contribution is 7.99. The normalized spacial score (nSPS) is 23.7. The Morgan fingerprint density at radius 3 is 2.94 bits per heavy atom. The van der Waals surface area contributed by atoms with Crippen molar-refractivity contribution in [2.75, 3.05) is 11.6 Å². The molecule has 1 aromatic rings. The molecule has 0 radical (unpaired) electrons. The Bertz CT molecular complexity index is 408. The van der Waals surface area contributed by atoms with Gasteiger partial charge >= 0.3 is 6.03 Å². The number of nitrogens with zero attached hydrogens (tertiary/aromatic N) is 1. The van der Waals surface area contributed by atoms with Crippen LogP contribution in [-0.2, 0) is 0 Å². The van der Waals surface area contributed by atoms with Gasteiger partial charge in [-0.1, -0.05) is 18.0 Å². The lowest BCUT2D eigenvalue weighted by atomic mass is 9.95. The van der Waals surface area contributed by atoms with E-state index in [0.29, 0.717) is 16.8 Å². The van der Waals surface area contributed by atoms with Crippen molar-refractivity contribution in [2.24, 2.45) is 0 Å². The maximum Gasteiger partial charge on any atom is 0.320 e. The Morgan fingerprint density at radius 2 is 2.28 bits per heavy atom. The molecule has 1 aliphatic rings. The van der Waals surface area contributed by atoms with Gasteiger partial charge in [0.25, 0.3) is 0 Å². The van der Waals surface area contributed by atoms with Gasteiger partial charge in [0.1, 0.15) is 5.76 Å². The summed E-state index contributed by atoms with van der Waals surface area (Å²) in [6.45, 7) is 1.79. The summed E-state index contributed by atoms with van der Waals surface area (Å²) in [6, 6.07) is 1.75. The van der Waals surface area contributed by atoms with Crippen LogP contribution in [0.1, 0.15) is 31.4 Å². The number of hydrogen-bond acceptors (Lipinski definition) is 4. The number of urea groups is 1. The van der Waals surface area contributed by atoms with Crippen molar-refractivity contribution in [3.63, 3.8) is 0 Å². The predicted octanol–water partition coefficient (Wildman–Crippen LogP) is 2.78. The number of thioether (sulfide) groups is 1. The Hall–Kier alpha value is -1.17. The van der Waals surface area contributed by atoms with E-state index in [0.717, 1.165) is 6.42 Å². The van der Waals surface area contributed by atoms with E-state index in [1.54, 1.807) is 13.0 Å². The van der Waals surface area contributed by atoms with Crippen LogP contribution in [0.25, 0.3) is 0 Å². The van der Waals surface area contributed by atoms with E-state index in [9.17, 15) is 4.79 Å². The smallest absolute Gasteiger partial charge is 0.320 e. The van der Waals surface area contributed by atoms with Crippen molar-refractivity contribution in [1.29, 1.82) is 0 Å². The first kappa shape index (κ1) is 13.3. The number of aromatic nitrogens is 1. The second kappa shape index (κ2) is 6.13. The first-order chi connectivity index (χ1) is 8.69. The number of carbonyl (C=O) groups is 1. The van der Waals surface area contributed by atoms with Crippen molar-refractivity contribution >= 4 is 23.6 Å². The summed E-state index contributed by atoms with van der Waals surface area (Å²) >= 11 is 1.83. The summed E-state index contributed by atoms with van der Waals surface area (Å²) in [5, 5.41) is 9.97. The van der Waals surface area contributed by atoms with Gasteiger partial charge in [0.2, 0.25) is 0 Å². The van der Waals surface area contributed by atoms with E-state index in [4.69, 9.17) is 4.52 Å². The number of hydrogen-bond donors (Lipinski definition) is 2. The van der Waals surface area contributed by atoms with Crippen LogP contribution in [0.3, 0.4) is 0 Å². The highest BCUT2D eigenvalue weighted by Crippen LogP contribution is 2.27. The van der Waals surface area contributed by atoms with E-state index in [1.807, 2.05) is 11.8 Å². The quantitative estimate of drug-likeness (QED) is 0.885. The minimum absolute atomic E-state index is 0.200. The van der Waals surface area contributed by atoms with Crippen LogP contribution in [0.4, 0.5) is 10.6 Å². The number of nitrogens with one attached hydrogen (secondary N) is 2. The largest absolute Gasteiger partial charge is 0.360 e. The van der Waals surface area contributed by atoms with Crippen LogP contribution in [0, 0.1) is 6.92 Å².